The average molecular weight is 178 g/mol. The number of aromatic nitrogens is 1. The van der Waals surface area contributed by atoms with E-state index >= 15 is 0 Å². The van der Waals surface area contributed by atoms with E-state index in [2.05, 4.69) is 24.9 Å². The van der Waals surface area contributed by atoms with Crippen molar-refractivity contribution in [1.82, 2.24) is 4.98 Å². The summed E-state index contributed by atoms with van der Waals surface area (Å²) in [5.74, 6) is 0.525. The van der Waals surface area contributed by atoms with Gasteiger partial charge in [-0.05, 0) is 43.9 Å². The van der Waals surface area contributed by atoms with Gasteiger partial charge < -0.3 is 5.73 Å². The van der Waals surface area contributed by atoms with Crippen molar-refractivity contribution in [2.24, 2.45) is 5.73 Å². The zero-order valence-electron chi connectivity index (χ0n) is 8.67. The third-order valence-electron chi connectivity index (χ3n) is 2.53. The molecule has 2 N–H and O–H groups in total. The highest BCUT2D eigenvalue weighted by Crippen LogP contribution is 2.19. The molecule has 0 spiro atoms. The molecule has 0 fully saturated rings. The van der Waals surface area contributed by atoms with Gasteiger partial charge in [-0.1, -0.05) is 13.0 Å². The van der Waals surface area contributed by atoms with Gasteiger partial charge in [0, 0.05) is 11.9 Å². The van der Waals surface area contributed by atoms with E-state index in [1.807, 2.05) is 13.1 Å². The van der Waals surface area contributed by atoms with Gasteiger partial charge in [0.25, 0.3) is 0 Å². The standard InChI is InChI=1S/C11H18N2/c1-8(4-5-12)11-6-9(2)10(3)13-7-11/h6-8H,4-5,12H2,1-3H3. The Morgan fingerprint density at radius 3 is 2.69 bits per heavy atom. The zero-order chi connectivity index (χ0) is 9.84. The Kier molecular flexibility index (Phi) is 3.43. The minimum atomic E-state index is 0.525. The van der Waals surface area contributed by atoms with Crippen LogP contribution < -0.4 is 5.73 Å². The van der Waals surface area contributed by atoms with Crippen LogP contribution in [-0.4, -0.2) is 11.5 Å². The molecule has 1 aromatic rings. The summed E-state index contributed by atoms with van der Waals surface area (Å²) < 4.78 is 0. The van der Waals surface area contributed by atoms with Gasteiger partial charge in [-0.3, -0.25) is 4.98 Å². The van der Waals surface area contributed by atoms with Gasteiger partial charge in [-0.25, -0.2) is 0 Å². The Hall–Kier alpha value is -0.890. The molecule has 72 valence electrons. The predicted octanol–water partition coefficient (Wildman–Crippen LogP) is 2.15. The number of hydrogen-bond donors (Lipinski definition) is 1. The molecule has 1 heterocycles. The fourth-order valence-electron chi connectivity index (χ4n) is 1.35. The van der Waals surface area contributed by atoms with Gasteiger partial charge in [0.2, 0.25) is 0 Å². The summed E-state index contributed by atoms with van der Waals surface area (Å²) in [5.41, 5.74) is 9.19. The second-order valence-electron chi connectivity index (χ2n) is 3.65. The fourth-order valence-corrected chi connectivity index (χ4v) is 1.35. The highest BCUT2D eigenvalue weighted by atomic mass is 14.7. The molecule has 0 amide bonds. The van der Waals surface area contributed by atoms with Crippen molar-refractivity contribution in [2.75, 3.05) is 6.54 Å². The van der Waals surface area contributed by atoms with E-state index in [4.69, 9.17) is 5.73 Å². The van der Waals surface area contributed by atoms with E-state index in [1.54, 1.807) is 0 Å². The second kappa shape index (κ2) is 4.38. The van der Waals surface area contributed by atoms with Crippen molar-refractivity contribution in [3.63, 3.8) is 0 Å². The third kappa shape index (κ3) is 2.52. The average Bonchev–Trinajstić information content (AvgIpc) is 2.10. The summed E-state index contributed by atoms with van der Waals surface area (Å²) in [6.07, 6.45) is 2.99. The quantitative estimate of drug-likeness (QED) is 0.770. The largest absolute Gasteiger partial charge is 0.330 e. The smallest absolute Gasteiger partial charge is 0.0401 e. The molecule has 0 aliphatic heterocycles. The van der Waals surface area contributed by atoms with Crippen molar-refractivity contribution < 1.29 is 0 Å². The van der Waals surface area contributed by atoms with Gasteiger partial charge in [0.15, 0.2) is 0 Å². The van der Waals surface area contributed by atoms with E-state index in [0.717, 1.165) is 18.7 Å². The molecule has 1 aromatic heterocycles. The Bertz CT molecular complexity index is 281. The van der Waals surface area contributed by atoms with Crippen LogP contribution in [0.15, 0.2) is 12.3 Å². The number of nitrogens with two attached hydrogens (primary N) is 1. The predicted molar refractivity (Wildman–Crippen MR) is 55.8 cm³/mol. The Morgan fingerprint density at radius 1 is 1.46 bits per heavy atom. The highest BCUT2D eigenvalue weighted by molar-refractivity contribution is 5.25. The lowest BCUT2D eigenvalue weighted by molar-refractivity contribution is 0.686. The van der Waals surface area contributed by atoms with Gasteiger partial charge in [-0.2, -0.15) is 0 Å². The lowest BCUT2D eigenvalue weighted by Crippen LogP contribution is -2.05. The summed E-state index contributed by atoms with van der Waals surface area (Å²) in [4.78, 5) is 4.34. The third-order valence-corrected chi connectivity index (χ3v) is 2.53. The Morgan fingerprint density at radius 2 is 2.15 bits per heavy atom. The minimum absolute atomic E-state index is 0.525. The Labute approximate surface area is 80.2 Å². The molecule has 0 saturated carbocycles. The van der Waals surface area contributed by atoms with E-state index in [0.29, 0.717) is 5.92 Å². The van der Waals surface area contributed by atoms with Crippen LogP contribution in [0.4, 0.5) is 0 Å². The van der Waals surface area contributed by atoms with E-state index in [-0.39, 0.29) is 0 Å². The van der Waals surface area contributed by atoms with Gasteiger partial charge in [0.05, 0.1) is 0 Å². The van der Waals surface area contributed by atoms with Crippen LogP contribution in [0.5, 0.6) is 0 Å². The van der Waals surface area contributed by atoms with Crippen molar-refractivity contribution >= 4 is 0 Å². The molecular formula is C11H18N2. The maximum Gasteiger partial charge on any atom is 0.0401 e. The van der Waals surface area contributed by atoms with Gasteiger partial charge in [0.1, 0.15) is 0 Å². The molecule has 0 aromatic carbocycles. The number of hydrogen-bond acceptors (Lipinski definition) is 2. The zero-order valence-corrected chi connectivity index (χ0v) is 8.67. The topological polar surface area (TPSA) is 38.9 Å². The molecule has 2 heteroatoms. The van der Waals surface area contributed by atoms with Crippen LogP contribution in [0.3, 0.4) is 0 Å². The normalized spacial score (nSPS) is 12.9. The van der Waals surface area contributed by atoms with Crippen LogP contribution in [0, 0.1) is 13.8 Å². The van der Waals surface area contributed by atoms with Crippen molar-refractivity contribution in [3.8, 4) is 0 Å². The van der Waals surface area contributed by atoms with Crippen LogP contribution in [0.25, 0.3) is 0 Å². The van der Waals surface area contributed by atoms with Crippen molar-refractivity contribution in [2.45, 2.75) is 33.1 Å². The maximum atomic E-state index is 5.51. The molecule has 1 rings (SSSR count). The monoisotopic (exact) mass is 178 g/mol. The lowest BCUT2D eigenvalue weighted by atomic mass is 9.98. The maximum absolute atomic E-state index is 5.51. The number of nitrogens with zero attached hydrogens (tertiary/aromatic N) is 1. The summed E-state index contributed by atoms with van der Waals surface area (Å²) in [5, 5.41) is 0. The molecule has 1 atom stereocenters. The van der Waals surface area contributed by atoms with E-state index in [9.17, 15) is 0 Å². The number of rotatable bonds is 3. The van der Waals surface area contributed by atoms with Crippen LogP contribution in [0.1, 0.15) is 36.1 Å². The number of aryl methyl sites for hydroxylation is 2. The fraction of sp³-hybridized carbons (Fsp3) is 0.545. The first-order valence-corrected chi connectivity index (χ1v) is 4.78. The minimum Gasteiger partial charge on any atom is -0.330 e. The van der Waals surface area contributed by atoms with Crippen LogP contribution >= 0.6 is 0 Å². The molecule has 2 nitrogen and oxygen atoms in total. The number of pyridine rings is 1. The van der Waals surface area contributed by atoms with Gasteiger partial charge in [-0.15, -0.1) is 0 Å². The summed E-state index contributed by atoms with van der Waals surface area (Å²) in [7, 11) is 0. The summed E-state index contributed by atoms with van der Waals surface area (Å²) in [6, 6.07) is 2.21. The molecular weight excluding hydrogens is 160 g/mol. The molecule has 1 unspecified atom stereocenters. The SMILES string of the molecule is Cc1cc(C(C)CCN)cnc1C. The van der Waals surface area contributed by atoms with Gasteiger partial charge >= 0.3 is 0 Å². The van der Waals surface area contributed by atoms with E-state index < -0.39 is 0 Å². The highest BCUT2D eigenvalue weighted by Gasteiger charge is 2.05. The van der Waals surface area contributed by atoms with E-state index in [1.165, 1.54) is 11.1 Å². The molecule has 0 radical (unpaired) electrons. The molecule has 13 heavy (non-hydrogen) atoms. The van der Waals surface area contributed by atoms with Crippen LogP contribution in [0.2, 0.25) is 0 Å². The molecule has 0 aliphatic carbocycles. The van der Waals surface area contributed by atoms with Crippen LogP contribution in [-0.2, 0) is 0 Å². The first-order valence-electron chi connectivity index (χ1n) is 4.78. The van der Waals surface area contributed by atoms with Crippen molar-refractivity contribution in [1.29, 1.82) is 0 Å². The lowest BCUT2D eigenvalue weighted by Gasteiger charge is -2.11. The summed E-state index contributed by atoms with van der Waals surface area (Å²) in [6.45, 7) is 7.07. The summed E-state index contributed by atoms with van der Waals surface area (Å²) >= 11 is 0. The first kappa shape index (κ1) is 10.2. The van der Waals surface area contributed by atoms with Crippen molar-refractivity contribution in [3.05, 3.63) is 29.1 Å². The second-order valence-corrected chi connectivity index (χ2v) is 3.65. The molecule has 0 aliphatic rings. The molecule has 0 bridgehead atoms. The molecule has 0 saturated heterocycles. The first-order chi connectivity index (χ1) is 6.15. The Balaban J connectivity index is 2.84.